The van der Waals surface area contributed by atoms with Crippen LogP contribution in [0.15, 0.2) is 24.3 Å². The van der Waals surface area contributed by atoms with Crippen molar-refractivity contribution in [2.75, 3.05) is 46.4 Å². The van der Waals surface area contributed by atoms with Gasteiger partial charge in [-0.25, -0.2) is 4.39 Å². The van der Waals surface area contributed by atoms with Gasteiger partial charge < -0.3 is 14.5 Å². The van der Waals surface area contributed by atoms with E-state index in [0.717, 1.165) is 57.5 Å². The molecule has 0 spiro atoms. The maximum absolute atomic E-state index is 13.3. The van der Waals surface area contributed by atoms with Crippen LogP contribution >= 0.6 is 0 Å². The van der Waals surface area contributed by atoms with E-state index in [4.69, 9.17) is 4.74 Å². The molecule has 0 radical (unpaired) electrons. The summed E-state index contributed by atoms with van der Waals surface area (Å²) in [6.07, 6.45) is 3.18. The Morgan fingerprint density at radius 1 is 1.46 bits per heavy atom. The minimum Gasteiger partial charge on any atom is -0.375 e. The van der Waals surface area contributed by atoms with Crippen LogP contribution in [-0.4, -0.2) is 62.1 Å². The number of hydrogen-bond donors (Lipinski definition) is 0. The topological polar surface area (TPSA) is 32.8 Å². The number of piperidine rings is 1. The number of carbonyl (C=O) groups excluding carboxylic acids is 1. The number of amides is 1. The Balaban J connectivity index is 1.81. The number of methoxy groups -OCH3 is 1. The van der Waals surface area contributed by atoms with E-state index in [-0.39, 0.29) is 18.3 Å². The van der Waals surface area contributed by atoms with Gasteiger partial charge in [0.1, 0.15) is 12.4 Å². The number of ether oxygens (including phenoxy) is 1. The third-order valence-corrected chi connectivity index (χ3v) is 4.69. The molecule has 0 N–H and O–H groups in total. The number of rotatable bonds is 8. The number of likely N-dealkylation sites (N-methyl/N-ethyl adjacent to an activating group) is 1. The van der Waals surface area contributed by atoms with Crippen molar-refractivity contribution >= 4 is 5.91 Å². The lowest BCUT2D eigenvalue weighted by molar-refractivity contribution is -0.135. The second-order valence-electron chi connectivity index (χ2n) is 6.55. The molecule has 134 valence electrons. The first-order valence-corrected chi connectivity index (χ1v) is 8.86. The van der Waals surface area contributed by atoms with Crippen LogP contribution in [0, 0.1) is 11.7 Å². The summed E-state index contributed by atoms with van der Waals surface area (Å²) >= 11 is 0. The molecular formula is C19H29FN2O2. The highest BCUT2D eigenvalue weighted by atomic mass is 19.1. The lowest BCUT2D eigenvalue weighted by Crippen LogP contribution is -2.44. The van der Waals surface area contributed by atoms with Gasteiger partial charge in [-0.15, -0.1) is 0 Å². The van der Waals surface area contributed by atoms with Crippen LogP contribution in [-0.2, 0) is 16.0 Å². The van der Waals surface area contributed by atoms with Crippen molar-refractivity contribution in [1.29, 1.82) is 0 Å². The summed E-state index contributed by atoms with van der Waals surface area (Å²) in [7, 11) is 1.56. The minimum atomic E-state index is -0.167. The molecule has 0 saturated carbocycles. The quantitative estimate of drug-likeness (QED) is 0.731. The zero-order valence-electron chi connectivity index (χ0n) is 14.8. The van der Waals surface area contributed by atoms with Crippen LogP contribution in [0.4, 0.5) is 4.39 Å². The predicted molar refractivity (Wildman–Crippen MR) is 93.4 cm³/mol. The molecule has 1 unspecified atom stereocenters. The highest BCUT2D eigenvalue weighted by molar-refractivity contribution is 5.77. The third kappa shape index (κ3) is 5.87. The van der Waals surface area contributed by atoms with Crippen LogP contribution in [0.3, 0.4) is 0 Å². The van der Waals surface area contributed by atoms with Crippen molar-refractivity contribution in [3.8, 4) is 0 Å². The van der Waals surface area contributed by atoms with E-state index in [2.05, 4.69) is 4.90 Å². The van der Waals surface area contributed by atoms with E-state index in [1.165, 1.54) is 6.07 Å². The molecule has 24 heavy (non-hydrogen) atoms. The maximum atomic E-state index is 13.3. The fraction of sp³-hybridized carbons (Fsp3) is 0.632. The maximum Gasteiger partial charge on any atom is 0.248 e. The lowest BCUT2D eigenvalue weighted by Gasteiger charge is -2.35. The number of benzene rings is 1. The van der Waals surface area contributed by atoms with Crippen LogP contribution in [0.5, 0.6) is 0 Å². The summed E-state index contributed by atoms with van der Waals surface area (Å²) in [5.74, 6) is 0.406. The highest BCUT2D eigenvalue weighted by Crippen LogP contribution is 2.18. The Bertz CT molecular complexity index is 524. The number of likely N-dealkylation sites (tertiary alicyclic amines) is 1. The largest absolute Gasteiger partial charge is 0.375 e. The molecule has 0 aliphatic carbocycles. The van der Waals surface area contributed by atoms with Gasteiger partial charge >= 0.3 is 0 Å². The van der Waals surface area contributed by atoms with Crippen molar-refractivity contribution < 1.29 is 13.9 Å². The molecule has 1 aromatic rings. The Labute approximate surface area is 144 Å². The lowest BCUT2D eigenvalue weighted by atomic mass is 9.97. The van der Waals surface area contributed by atoms with Gasteiger partial charge in [0, 0.05) is 33.3 Å². The van der Waals surface area contributed by atoms with E-state index >= 15 is 0 Å². The predicted octanol–water partition coefficient (Wildman–Crippen LogP) is 2.58. The fourth-order valence-corrected chi connectivity index (χ4v) is 3.42. The Morgan fingerprint density at radius 2 is 2.29 bits per heavy atom. The summed E-state index contributed by atoms with van der Waals surface area (Å²) in [4.78, 5) is 16.4. The summed E-state index contributed by atoms with van der Waals surface area (Å²) in [6, 6.07) is 6.84. The van der Waals surface area contributed by atoms with E-state index in [1.54, 1.807) is 19.2 Å². The first-order chi connectivity index (χ1) is 11.6. The molecular weight excluding hydrogens is 307 g/mol. The van der Waals surface area contributed by atoms with Crippen LogP contribution < -0.4 is 0 Å². The second-order valence-corrected chi connectivity index (χ2v) is 6.55. The van der Waals surface area contributed by atoms with E-state index in [9.17, 15) is 9.18 Å². The first-order valence-electron chi connectivity index (χ1n) is 8.86. The summed E-state index contributed by atoms with van der Waals surface area (Å²) in [5.41, 5.74) is 1.04. The molecule has 0 aromatic heterocycles. The van der Waals surface area contributed by atoms with Gasteiger partial charge in [-0.2, -0.15) is 0 Å². The van der Waals surface area contributed by atoms with E-state index in [1.807, 2.05) is 17.9 Å². The van der Waals surface area contributed by atoms with Crippen molar-refractivity contribution in [1.82, 2.24) is 9.80 Å². The van der Waals surface area contributed by atoms with Gasteiger partial charge in [0.05, 0.1) is 0 Å². The number of carbonyl (C=O) groups is 1. The summed E-state index contributed by atoms with van der Waals surface area (Å²) in [6.45, 7) is 6.73. The third-order valence-electron chi connectivity index (χ3n) is 4.69. The summed E-state index contributed by atoms with van der Waals surface area (Å²) < 4.78 is 18.2. The molecule has 1 atom stereocenters. The molecule has 1 heterocycles. The van der Waals surface area contributed by atoms with Crippen LogP contribution in [0.1, 0.15) is 25.3 Å². The average Bonchev–Trinajstić information content (AvgIpc) is 2.58. The van der Waals surface area contributed by atoms with E-state index in [0.29, 0.717) is 5.92 Å². The molecule has 1 aromatic carbocycles. The normalized spacial score (nSPS) is 18.5. The minimum absolute atomic E-state index is 0.0666. The average molecular weight is 336 g/mol. The second kappa shape index (κ2) is 9.74. The zero-order chi connectivity index (χ0) is 17.4. The van der Waals surface area contributed by atoms with Gasteiger partial charge in [-0.3, -0.25) is 4.79 Å². The molecule has 1 aliphatic rings. The molecule has 0 bridgehead atoms. The SMILES string of the molecule is CCN(CC1CCCN(CCc2cccc(F)c2)C1)C(=O)COC. The van der Waals surface area contributed by atoms with Crippen molar-refractivity contribution in [2.24, 2.45) is 5.92 Å². The number of halogens is 1. The monoisotopic (exact) mass is 336 g/mol. The van der Waals surface area contributed by atoms with Gasteiger partial charge in [0.15, 0.2) is 0 Å². The van der Waals surface area contributed by atoms with E-state index < -0.39 is 0 Å². The van der Waals surface area contributed by atoms with Crippen LogP contribution in [0.2, 0.25) is 0 Å². The molecule has 5 heteroatoms. The Morgan fingerprint density at radius 3 is 3.00 bits per heavy atom. The molecule has 1 fully saturated rings. The van der Waals surface area contributed by atoms with Gasteiger partial charge in [0.25, 0.3) is 0 Å². The smallest absolute Gasteiger partial charge is 0.248 e. The van der Waals surface area contributed by atoms with Crippen molar-refractivity contribution in [2.45, 2.75) is 26.2 Å². The molecule has 1 saturated heterocycles. The van der Waals surface area contributed by atoms with Crippen LogP contribution in [0.25, 0.3) is 0 Å². The van der Waals surface area contributed by atoms with Crippen molar-refractivity contribution in [3.63, 3.8) is 0 Å². The number of hydrogen-bond acceptors (Lipinski definition) is 3. The van der Waals surface area contributed by atoms with Gasteiger partial charge in [-0.1, -0.05) is 12.1 Å². The molecule has 1 aliphatic heterocycles. The fourth-order valence-electron chi connectivity index (χ4n) is 3.42. The summed E-state index contributed by atoms with van der Waals surface area (Å²) in [5, 5.41) is 0. The Hall–Kier alpha value is -1.46. The van der Waals surface area contributed by atoms with Gasteiger partial charge in [-0.05, 0) is 56.3 Å². The first kappa shape index (κ1) is 18.9. The Kier molecular flexibility index (Phi) is 7.66. The molecule has 2 rings (SSSR count). The molecule has 4 nitrogen and oxygen atoms in total. The van der Waals surface area contributed by atoms with Gasteiger partial charge in [0.2, 0.25) is 5.91 Å². The van der Waals surface area contributed by atoms with Crippen molar-refractivity contribution in [3.05, 3.63) is 35.6 Å². The standard InChI is InChI=1S/C19H29FN2O2/c1-3-22(19(23)15-24-2)14-17-7-5-10-21(13-17)11-9-16-6-4-8-18(20)12-16/h4,6,8,12,17H,3,5,7,9-11,13-15H2,1-2H3. The zero-order valence-corrected chi connectivity index (χ0v) is 14.8. The highest BCUT2D eigenvalue weighted by Gasteiger charge is 2.23. The number of nitrogens with zero attached hydrogens (tertiary/aromatic N) is 2. The molecule has 1 amide bonds.